The van der Waals surface area contributed by atoms with Crippen LogP contribution in [0, 0.1) is 0 Å². The number of benzene rings is 1. The minimum absolute atomic E-state index is 0.0304. The van der Waals surface area contributed by atoms with Gasteiger partial charge >= 0.3 is 5.97 Å². The molecule has 0 radical (unpaired) electrons. The highest BCUT2D eigenvalue weighted by atomic mass is 16.4. The minimum atomic E-state index is -1.32. The molecule has 8 N–H and O–H groups in total. The van der Waals surface area contributed by atoms with E-state index in [1.807, 2.05) is 24.3 Å². The van der Waals surface area contributed by atoms with Crippen molar-refractivity contribution < 1.29 is 29.4 Å². The predicted molar refractivity (Wildman–Crippen MR) is 140 cm³/mol. The summed E-state index contributed by atoms with van der Waals surface area (Å²) in [5.74, 6) is -3.17. The van der Waals surface area contributed by atoms with E-state index in [9.17, 15) is 29.4 Å². The molecule has 5 atom stereocenters. The Morgan fingerprint density at radius 3 is 2.49 bits per heavy atom. The number of rotatable bonds is 12. The molecule has 0 saturated carbocycles. The highest BCUT2D eigenvalue weighted by molar-refractivity contribution is 5.95. The van der Waals surface area contributed by atoms with Crippen molar-refractivity contribution >= 4 is 34.6 Å². The number of para-hydroxylation sites is 1. The van der Waals surface area contributed by atoms with Crippen LogP contribution in [-0.4, -0.2) is 85.7 Å². The van der Waals surface area contributed by atoms with Gasteiger partial charge in [0.25, 0.3) is 0 Å². The molecule has 3 heterocycles. The number of H-pyrrole nitrogens is 2. The van der Waals surface area contributed by atoms with Gasteiger partial charge in [0.15, 0.2) is 0 Å². The van der Waals surface area contributed by atoms with Crippen LogP contribution in [0.4, 0.5) is 0 Å². The molecule has 208 valence electrons. The molecule has 3 aromatic rings. The Labute approximate surface area is 224 Å². The standard InChI is InChI=1S/C26H33N7O6/c1-14(34)22(33-23(35)19-7-4-8-28-19)25(37)31-20(9-15-11-29-18-6-3-2-5-17(15)18)24(36)32-21(26(38)39)10-16-12-27-13-30-16/h2-3,5-6,11-14,19-22,28-29,34H,4,7-10H2,1H3,(H,27,30)(H,31,37)(H,32,36)(H,33,35)(H,38,39). The van der Waals surface area contributed by atoms with Crippen molar-refractivity contribution in [1.82, 2.24) is 36.2 Å². The van der Waals surface area contributed by atoms with Gasteiger partial charge in [-0.25, -0.2) is 9.78 Å². The van der Waals surface area contributed by atoms with E-state index >= 15 is 0 Å². The number of carboxylic acid groups (broad SMARTS) is 1. The Bertz CT molecular complexity index is 1300. The molecular formula is C26H33N7O6. The third-order valence-electron chi connectivity index (χ3n) is 6.76. The summed E-state index contributed by atoms with van der Waals surface area (Å²) in [7, 11) is 0. The van der Waals surface area contributed by atoms with Gasteiger partial charge in [0, 0.05) is 41.8 Å². The Morgan fingerprint density at radius 2 is 1.82 bits per heavy atom. The number of carboxylic acids is 1. The fourth-order valence-corrected chi connectivity index (χ4v) is 4.65. The van der Waals surface area contributed by atoms with E-state index in [1.54, 1.807) is 6.20 Å². The number of carbonyl (C=O) groups excluding carboxylic acids is 3. The molecule has 1 fully saturated rings. The lowest BCUT2D eigenvalue weighted by Gasteiger charge is -2.26. The number of aromatic nitrogens is 3. The van der Waals surface area contributed by atoms with Gasteiger partial charge in [0.2, 0.25) is 17.7 Å². The molecule has 3 amide bonds. The Hall–Kier alpha value is -4.23. The smallest absolute Gasteiger partial charge is 0.326 e. The normalized spacial score (nSPS) is 18.2. The first kappa shape index (κ1) is 27.8. The molecule has 39 heavy (non-hydrogen) atoms. The summed E-state index contributed by atoms with van der Waals surface area (Å²) in [6.07, 6.45) is 4.75. The van der Waals surface area contributed by atoms with Crippen molar-refractivity contribution in [2.45, 2.75) is 62.9 Å². The summed E-state index contributed by atoms with van der Waals surface area (Å²) in [6, 6.07) is 3.15. The van der Waals surface area contributed by atoms with Crippen LogP contribution in [0.3, 0.4) is 0 Å². The fourth-order valence-electron chi connectivity index (χ4n) is 4.65. The van der Waals surface area contributed by atoms with Crippen LogP contribution in [0.1, 0.15) is 31.0 Å². The second-order valence-corrected chi connectivity index (χ2v) is 9.68. The monoisotopic (exact) mass is 539 g/mol. The van der Waals surface area contributed by atoms with E-state index in [0.717, 1.165) is 22.9 Å². The summed E-state index contributed by atoms with van der Waals surface area (Å²) >= 11 is 0. The van der Waals surface area contributed by atoms with Gasteiger partial charge in [-0.3, -0.25) is 14.4 Å². The van der Waals surface area contributed by atoms with E-state index in [0.29, 0.717) is 18.7 Å². The number of imidazole rings is 1. The van der Waals surface area contributed by atoms with Crippen LogP contribution < -0.4 is 21.3 Å². The van der Waals surface area contributed by atoms with Gasteiger partial charge in [-0.05, 0) is 37.9 Å². The Morgan fingerprint density at radius 1 is 1.05 bits per heavy atom. The highest BCUT2D eigenvalue weighted by Gasteiger charge is 2.34. The maximum atomic E-state index is 13.4. The largest absolute Gasteiger partial charge is 0.480 e. The molecule has 0 spiro atoms. The van der Waals surface area contributed by atoms with E-state index in [-0.39, 0.29) is 12.8 Å². The van der Waals surface area contributed by atoms with Crippen molar-refractivity contribution in [3.8, 4) is 0 Å². The number of nitrogens with one attached hydrogen (secondary N) is 6. The number of fused-ring (bicyclic) bond motifs is 1. The first-order valence-electron chi connectivity index (χ1n) is 12.8. The second kappa shape index (κ2) is 12.5. The summed E-state index contributed by atoms with van der Waals surface area (Å²) in [5.41, 5.74) is 2.07. The van der Waals surface area contributed by atoms with Crippen molar-refractivity contribution in [3.63, 3.8) is 0 Å². The number of aliphatic hydroxyl groups is 1. The molecule has 1 saturated heterocycles. The maximum absolute atomic E-state index is 13.4. The number of hydrogen-bond acceptors (Lipinski definition) is 7. The molecular weight excluding hydrogens is 506 g/mol. The van der Waals surface area contributed by atoms with Crippen molar-refractivity contribution in [3.05, 3.63) is 54.2 Å². The van der Waals surface area contributed by atoms with E-state index in [2.05, 4.69) is 36.2 Å². The second-order valence-electron chi connectivity index (χ2n) is 9.68. The topological polar surface area (TPSA) is 201 Å². The predicted octanol–water partition coefficient (Wildman–Crippen LogP) is -0.652. The van der Waals surface area contributed by atoms with Crippen LogP contribution in [0.25, 0.3) is 10.9 Å². The molecule has 1 aromatic carbocycles. The number of aromatic amines is 2. The molecule has 0 bridgehead atoms. The van der Waals surface area contributed by atoms with Crippen LogP contribution >= 0.6 is 0 Å². The third kappa shape index (κ3) is 7.00. The maximum Gasteiger partial charge on any atom is 0.326 e. The average molecular weight is 540 g/mol. The summed E-state index contributed by atoms with van der Waals surface area (Å²) in [6.45, 7) is 2.05. The van der Waals surface area contributed by atoms with Crippen LogP contribution in [0.15, 0.2) is 43.0 Å². The van der Waals surface area contributed by atoms with Crippen LogP contribution in [0.5, 0.6) is 0 Å². The minimum Gasteiger partial charge on any atom is -0.480 e. The van der Waals surface area contributed by atoms with E-state index in [4.69, 9.17) is 0 Å². The molecule has 1 aliphatic heterocycles. The van der Waals surface area contributed by atoms with Gasteiger partial charge in [-0.15, -0.1) is 0 Å². The first-order chi connectivity index (χ1) is 18.7. The summed E-state index contributed by atoms with van der Waals surface area (Å²) < 4.78 is 0. The lowest BCUT2D eigenvalue weighted by atomic mass is 10.0. The van der Waals surface area contributed by atoms with Gasteiger partial charge in [0.05, 0.1) is 18.5 Å². The van der Waals surface area contributed by atoms with Crippen molar-refractivity contribution in [2.75, 3.05) is 6.54 Å². The van der Waals surface area contributed by atoms with Gasteiger partial charge in [-0.2, -0.15) is 0 Å². The van der Waals surface area contributed by atoms with Crippen molar-refractivity contribution in [2.24, 2.45) is 0 Å². The average Bonchev–Trinajstić information content (AvgIpc) is 3.69. The number of amides is 3. The first-order valence-corrected chi connectivity index (χ1v) is 12.8. The molecule has 13 nitrogen and oxygen atoms in total. The zero-order valence-electron chi connectivity index (χ0n) is 21.4. The molecule has 4 rings (SSSR count). The lowest BCUT2D eigenvalue weighted by Crippen LogP contribution is -2.60. The molecule has 0 aliphatic carbocycles. The summed E-state index contributed by atoms with van der Waals surface area (Å²) in [5, 5.41) is 31.6. The molecule has 1 aliphatic rings. The van der Waals surface area contributed by atoms with Crippen LogP contribution in [0.2, 0.25) is 0 Å². The molecule has 2 aromatic heterocycles. The summed E-state index contributed by atoms with van der Waals surface area (Å²) in [4.78, 5) is 61.1. The zero-order valence-corrected chi connectivity index (χ0v) is 21.4. The fraction of sp³-hybridized carbons (Fsp3) is 0.423. The number of aliphatic carboxylic acids is 1. The van der Waals surface area contributed by atoms with Gasteiger partial charge in [0.1, 0.15) is 18.1 Å². The SMILES string of the molecule is CC(O)C(NC(=O)C1CCCN1)C(=O)NC(Cc1c[nH]c2ccccc12)C(=O)NC(Cc1cnc[nH]1)C(=O)O. The number of carbonyl (C=O) groups is 4. The quantitative estimate of drug-likeness (QED) is 0.148. The third-order valence-corrected chi connectivity index (χ3v) is 6.76. The van der Waals surface area contributed by atoms with Crippen molar-refractivity contribution in [1.29, 1.82) is 0 Å². The Kier molecular flexibility index (Phi) is 8.94. The van der Waals surface area contributed by atoms with Gasteiger partial charge < -0.3 is 41.4 Å². The number of hydrogen-bond donors (Lipinski definition) is 8. The zero-order chi connectivity index (χ0) is 27.9. The van der Waals surface area contributed by atoms with Gasteiger partial charge in [-0.1, -0.05) is 18.2 Å². The van der Waals surface area contributed by atoms with E-state index < -0.39 is 54.0 Å². The number of nitrogens with zero attached hydrogens (tertiary/aromatic N) is 1. The van der Waals surface area contributed by atoms with Crippen LogP contribution in [-0.2, 0) is 32.0 Å². The Balaban J connectivity index is 1.54. The lowest BCUT2D eigenvalue weighted by molar-refractivity contribution is -0.142. The number of aliphatic hydroxyl groups excluding tert-OH is 1. The molecule has 5 unspecified atom stereocenters. The van der Waals surface area contributed by atoms with E-state index in [1.165, 1.54) is 19.4 Å². The molecule has 13 heteroatoms. The highest BCUT2D eigenvalue weighted by Crippen LogP contribution is 2.19.